The first-order valence-corrected chi connectivity index (χ1v) is 11.1. The van der Waals surface area contributed by atoms with Crippen LogP contribution in [-0.4, -0.2) is 39.6 Å². The lowest BCUT2D eigenvalue weighted by atomic mass is 10.00. The first-order valence-electron chi connectivity index (χ1n) is 11.1. The zero-order valence-corrected chi connectivity index (χ0v) is 18.9. The topological polar surface area (TPSA) is 81.4 Å². The Kier molecular flexibility index (Phi) is 5.79. The first-order chi connectivity index (χ1) is 16.6. The van der Waals surface area contributed by atoms with Crippen molar-refractivity contribution < 1.29 is 18.4 Å². The predicted octanol–water partition coefficient (Wildman–Crippen LogP) is 5.23. The minimum atomic E-state index is -0.509. The van der Waals surface area contributed by atoms with Gasteiger partial charge in [-0.15, -0.1) is 0 Å². The van der Waals surface area contributed by atoms with E-state index in [-0.39, 0.29) is 23.5 Å². The fraction of sp³-hybridized carbons (Fsp3) is 0.231. The molecule has 4 aromatic rings. The van der Waals surface area contributed by atoms with Gasteiger partial charge in [0.1, 0.15) is 6.04 Å². The molecule has 0 aliphatic carbocycles. The van der Waals surface area contributed by atoms with Crippen LogP contribution in [0.3, 0.4) is 0 Å². The third kappa shape index (κ3) is 3.91. The Hall–Kier alpha value is -4.07. The number of rotatable bonds is 5. The van der Waals surface area contributed by atoms with Crippen molar-refractivity contribution in [3.63, 3.8) is 0 Å². The highest BCUT2D eigenvalue weighted by molar-refractivity contribution is 6.01. The molecule has 5 rings (SSSR count). The van der Waals surface area contributed by atoms with Gasteiger partial charge in [-0.2, -0.15) is 4.98 Å². The highest BCUT2D eigenvalue weighted by atomic mass is 19.1. The third-order valence-electron chi connectivity index (χ3n) is 6.00. The summed E-state index contributed by atoms with van der Waals surface area (Å²) in [6.45, 7) is 2.53. The number of carbonyl (C=O) groups excluding carboxylic acids is 1. The van der Waals surface area contributed by atoms with Gasteiger partial charge in [-0.05, 0) is 50.1 Å². The van der Waals surface area contributed by atoms with Gasteiger partial charge in [0.25, 0.3) is 5.91 Å². The Morgan fingerprint density at radius 2 is 2.03 bits per heavy atom. The van der Waals surface area contributed by atoms with Crippen molar-refractivity contribution >= 4 is 5.91 Å². The van der Waals surface area contributed by atoms with Crippen LogP contribution in [0.4, 0.5) is 4.39 Å². The monoisotopic (exact) mass is 458 g/mol. The zero-order valence-electron chi connectivity index (χ0n) is 18.9. The van der Waals surface area contributed by atoms with E-state index in [1.54, 1.807) is 23.2 Å². The molecule has 34 heavy (non-hydrogen) atoms. The average Bonchev–Trinajstić information content (AvgIpc) is 3.54. The molecular weight excluding hydrogens is 435 g/mol. The maximum atomic E-state index is 14.1. The van der Waals surface area contributed by atoms with Gasteiger partial charge >= 0.3 is 0 Å². The van der Waals surface area contributed by atoms with Gasteiger partial charge < -0.3 is 14.2 Å². The number of amides is 1. The number of likely N-dealkylation sites (tertiary alicyclic amines) is 1. The molecule has 1 amide bonds. The van der Waals surface area contributed by atoms with Crippen molar-refractivity contribution in [1.82, 2.24) is 20.0 Å². The molecule has 0 bridgehead atoms. The summed E-state index contributed by atoms with van der Waals surface area (Å²) >= 11 is 0. The molecule has 0 radical (unpaired) electrons. The van der Waals surface area contributed by atoms with E-state index in [1.807, 2.05) is 43.3 Å². The lowest BCUT2D eigenvalue weighted by Crippen LogP contribution is -2.31. The largest absolute Gasteiger partial charge is 0.493 e. The number of aryl methyl sites for hydroxylation is 1. The van der Waals surface area contributed by atoms with E-state index in [2.05, 4.69) is 15.1 Å². The molecule has 1 aliphatic heterocycles. The highest BCUT2D eigenvalue weighted by Gasteiger charge is 2.36. The molecule has 7 nitrogen and oxygen atoms in total. The van der Waals surface area contributed by atoms with Crippen molar-refractivity contribution in [2.45, 2.75) is 25.8 Å². The lowest BCUT2D eigenvalue weighted by molar-refractivity contribution is 0.0710. The van der Waals surface area contributed by atoms with Gasteiger partial charge in [-0.25, -0.2) is 4.39 Å². The van der Waals surface area contributed by atoms with Gasteiger partial charge in [0.2, 0.25) is 11.7 Å². The van der Waals surface area contributed by atoms with E-state index in [9.17, 15) is 9.18 Å². The number of hydrogen-bond donors (Lipinski definition) is 0. The molecule has 3 heterocycles. The van der Waals surface area contributed by atoms with Crippen LogP contribution in [0, 0.1) is 12.7 Å². The van der Waals surface area contributed by atoms with Crippen molar-refractivity contribution in [2.75, 3.05) is 13.7 Å². The van der Waals surface area contributed by atoms with E-state index in [0.29, 0.717) is 30.0 Å². The lowest BCUT2D eigenvalue weighted by Gasteiger charge is -2.23. The first kappa shape index (κ1) is 21.8. The minimum absolute atomic E-state index is 0.0500. The van der Waals surface area contributed by atoms with Crippen LogP contribution in [0.15, 0.2) is 65.3 Å². The number of pyridine rings is 1. The molecule has 172 valence electrons. The number of methoxy groups -OCH3 is 1. The molecule has 1 atom stereocenters. The van der Waals surface area contributed by atoms with E-state index in [1.165, 1.54) is 13.2 Å². The number of halogens is 1. The maximum Gasteiger partial charge on any atom is 0.255 e. The normalized spacial score (nSPS) is 15.5. The third-order valence-corrected chi connectivity index (χ3v) is 6.00. The Balaban J connectivity index is 1.48. The molecule has 0 unspecified atom stereocenters. The second-order valence-corrected chi connectivity index (χ2v) is 8.20. The number of hydrogen-bond acceptors (Lipinski definition) is 6. The Labute approximate surface area is 196 Å². The van der Waals surface area contributed by atoms with Crippen LogP contribution in [0.25, 0.3) is 22.6 Å². The molecular formula is C26H23FN4O3. The fourth-order valence-electron chi connectivity index (χ4n) is 4.37. The summed E-state index contributed by atoms with van der Waals surface area (Å²) in [7, 11) is 1.39. The second-order valence-electron chi connectivity index (χ2n) is 8.20. The number of para-hydroxylation sites is 1. The number of carbonyl (C=O) groups is 1. The smallest absolute Gasteiger partial charge is 0.255 e. The van der Waals surface area contributed by atoms with Crippen LogP contribution < -0.4 is 4.74 Å². The number of aromatic nitrogens is 3. The molecule has 0 spiro atoms. The molecule has 0 saturated carbocycles. The highest BCUT2D eigenvalue weighted by Crippen LogP contribution is 2.36. The fourth-order valence-corrected chi connectivity index (χ4v) is 4.37. The van der Waals surface area contributed by atoms with Crippen LogP contribution in [0.5, 0.6) is 5.75 Å². The Morgan fingerprint density at radius 3 is 2.82 bits per heavy atom. The summed E-state index contributed by atoms with van der Waals surface area (Å²) < 4.78 is 24.9. The van der Waals surface area contributed by atoms with Gasteiger partial charge in [0.05, 0.1) is 18.4 Å². The predicted molar refractivity (Wildman–Crippen MR) is 124 cm³/mol. The van der Waals surface area contributed by atoms with Crippen molar-refractivity contribution in [1.29, 1.82) is 0 Å². The number of benzene rings is 2. The minimum Gasteiger partial charge on any atom is -0.493 e. The van der Waals surface area contributed by atoms with Gasteiger partial charge in [0, 0.05) is 23.9 Å². The van der Waals surface area contributed by atoms with Crippen LogP contribution >= 0.6 is 0 Å². The molecule has 2 aromatic carbocycles. The van der Waals surface area contributed by atoms with E-state index >= 15 is 0 Å². The second kappa shape index (κ2) is 9.05. The van der Waals surface area contributed by atoms with Gasteiger partial charge in [-0.1, -0.05) is 35.0 Å². The number of ether oxygens (including phenoxy) is 1. The Bertz CT molecular complexity index is 1340. The number of nitrogens with zero attached hydrogens (tertiary/aromatic N) is 4. The standard InChI is InChI=1S/C26H23FN4O3/c1-16-11-12-17(21-9-3-4-13-28-21)19(15-16)26(32)31-14-6-10-22(31)25-29-24(30-34-25)18-7-5-8-20(27)23(18)33-2/h3-5,7-9,11-13,15,22H,6,10,14H2,1-2H3/t22-/m0/s1. The van der Waals surface area contributed by atoms with Crippen molar-refractivity contribution in [2.24, 2.45) is 0 Å². The summed E-state index contributed by atoms with van der Waals surface area (Å²) in [6, 6.07) is 15.6. The summed E-state index contributed by atoms with van der Waals surface area (Å²) in [5, 5.41) is 4.05. The maximum absolute atomic E-state index is 14.1. The molecule has 1 saturated heterocycles. The quantitative estimate of drug-likeness (QED) is 0.407. The van der Waals surface area contributed by atoms with E-state index < -0.39 is 5.82 Å². The summed E-state index contributed by atoms with van der Waals surface area (Å²) in [5.41, 5.74) is 3.47. The SMILES string of the molecule is COc1c(F)cccc1-c1noc([C@@H]2CCCN2C(=O)c2cc(C)ccc2-c2ccccn2)n1. The van der Waals surface area contributed by atoms with Gasteiger partial charge in [0.15, 0.2) is 11.6 Å². The zero-order chi connectivity index (χ0) is 23.7. The van der Waals surface area contributed by atoms with Crippen LogP contribution in [-0.2, 0) is 0 Å². The molecule has 1 fully saturated rings. The average molecular weight is 458 g/mol. The summed E-state index contributed by atoms with van der Waals surface area (Å²) in [4.78, 5) is 24.4. The molecule has 8 heteroatoms. The Morgan fingerprint density at radius 1 is 1.15 bits per heavy atom. The van der Waals surface area contributed by atoms with E-state index in [4.69, 9.17) is 9.26 Å². The summed E-state index contributed by atoms with van der Waals surface area (Å²) in [6.07, 6.45) is 3.21. The van der Waals surface area contributed by atoms with Crippen molar-refractivity contribution in [3.05, 3.63) is 83.6 Å². The van der Waals surface area contributed by atoms with Crippen molar-refractivity contribution in [3.8, 4) is 28.4 Å². The molecule has 1 aliphatic rings. The van der Waals surface area contributed by atoms with Gasteiger partial charge in [-0.3, -0.25) is 9.78 Å². The van der Waals surface area contributed by atoms with Crippen LogP contribution in [0.1, 0.15) is 40.7 Å². The van der Waals surface area contributed by atoms with E-state index in [0.717, 1.165) is 23.2 Å². The molecule has 0 N–H and O–H groups in total. The summed E-state index contributed by atoms with van der Waals surface area (Å²) in [5.74, 6) is -0.0380. The van der Waals surface area contributed by atoms with Crippen LogP contribution in [0.2, 0.25) is 0 Å². The molecule has 2 aromatic heterocycles.